The molecule has 0 fully saturated rings. The fraction of sp³-hybridized carbons (Fsp3) is 0.278. The first-order valence-corrected chi connectivity index (χ1v) is 7.08. The first-order chi connectivity index (χ1) is 11.0. The van der Waals surface area contributed by atoms with Crippen LogP contribution in [0.15, 0.2) is 54.7 Å². The third-order valence-electron chi connectivity index (χ3n) is 3.64. The summed E-state index contributed by atoms with van der Waals surface area (Å²) in [6, 6.07) is 4.86. The van der Waals surface area contributed by atoms with Crippen molar-refractivity contribution in [2.24, 2.45) is 5.92 Å². The number of ketones is 1. The van der Waals surface area contributed by atoms with Crippen molar-refractivity contribution in [3.8, 4) is 11.5 Å². The van der Waals surface area contributed by atoms with Gasteiger partial charge in [-0.2, -0.15) is 0 Å². The van der Waals surface area contributed by atoms with Gasteiger partial charge >= 0.3 is 0 Å². The number of ether oxygens (including phenoxy) is 3. The molecule has 2 atom stereocenters. The molecule has 0 aliphatic heterocycles. The average Bonchev–Trinajstić information content (AvgIpc) is 2.60. The van der Waals surface area contributed by atoms with Crippen molar-refractivity contribution in [1.82, 2.24) is 0 Å². The standard InChI is InChI=1S/C18H19FO4/c1-21-16-10-7-13(12-17(16)22-2)15(20)9-8-14-6-4-5-11-18(14,19)23-3/h4-12,14H,1-3H3/b9-8+. The maximum atomic E-state index is 14.5. The second-order valence-electron chi connectivity index (χ2n) is 4.96. The van der Waals surface area contributed by atoms with E-state index >= 15 is 0 Å². The maximum absolute atomic E-state index is 14.5. The largest absolute Gasteiger partial charge is 0.493 e. The fourth-order valence-electron chi connectivity index (χ4n) is 2.29. The molecule has 1 aromatic carbocycles. The predicted octanol–water partition coefficient (Wildman–Crippen LogP) is 3.50. The summed E-state index contributed by atoms with van der Waals surface area (Å²) < 4.78 is 29.7. The van der Waals surface area contributed by atoms with Crippen LogP contribution < -0.4 is 9.47 Å². The van der Waals surface area contributed by atoms with E-state index in [9.17, 15) is 9.18 Å². The lowest BCUT2D eigenvalue weighted by Gasteiger charge is -2.27. The van der Waals surface area contributed by atoms with Crippen LogP contribution >= 0.6 is 0 Å². The second-order valence-corrected chi connectivity index (χ2v) is 4.96. The van der Waals surface area contributed by atoms with Gasteiger partial charge in [0.1, 0.15) is 0 Å². The molecule has 1 aromatic rings. The van der Waals surface area contributed by atoms with Gasteiger partial charge in [0, 0.05) is 12.7 Å². The predicted molar refractivity (Wildman–Crippen MR) is 85.6 cm³/mol. The van der Waals surface area contributed by atoms with Crippen molar-refractivity contribution in [3.05, 3.63) is 60.2 Å². The van der Waals surface area contributed by atoms with E-state index in [2.05, 4.69) is 0 Å². The molecule has 1 aliphatic carbocycles. The number of benzene rings is 1. The Morgan fingerprint density at radius 1 is 1.17 bits per heavy atom. The zero-order valence-corrected chi connectivity index (χ0v) is 13.3. The van der Waals surface area contributed by atoms with Gasteiger partial charge in [0.15, 0.2) is 17.3 Å². The van der Waals surface area contributed by atoms with Gasteiger partial charge in [0.25, 0.3) is 0 Å². The Morgan fingerprint density at radius 2 is 1.91 bits per heavy atom. The molecule has 4 nitrogen and oxygen atoms in total. The Bertz CT molecular complexity index is 663. The number of carbonyl (C=O) groups excluding carboxylic acids is 1. The zero-order chi connectivity index (χ0) is 16.9. The van der Waals surface area contributed by atoms with Gasteiger partial charge in [0.05, 0.1) is 20.1 Å². The minimum Gasteiger partial charge on any atom is -0.493 e. The van der Waals surface area contributed by atoms with Crippen LogP contribution in [0.25, 0.3) is 0 Å². The van der Waals surface area contributed by atoms with E-state index in [1.165, 1.54) is 39.6 Å². The van der Waals surface area contributed by atoms with Gasteiger partial charge in [0.2, 0.25) is 5.85 Å². The van der Waals surface area contributed by atoms with Crippen LogP contribution in [0.5, 0.6) is 11.5 Å². The third-order valence-corrected chi connectivity index (χ3v) is 3.64. The number of hydrogen-bond acceptors (Lipinski definition) is 4. The number of methoxy groups -OCH3 is 3. The van der Waals surface area contributed by atoms with Gasteiger partial charge in [-0.05, 0) is 30.4 Å². The van der Waals surface area contributed by atoms with E-state index < -0.39 is 11.8 Å². The Labute approximate surface area is 134 Å². The summed E-state index contributed by atoms with van der Waals surface area (Å²) in [5, 5.41) is 0. The molecule has 0 saturated heterocycles. The quantitative estimate of drug-likeness (QED) is 0.595. The van der Waals surface area contributed by atoms with E-state index in [1.807, 2.05) is 0 Å². The summed E-state index contributed by atoms with van der Waals surface area (Å²) in [6.45, 7) is 0. The molecule has 0 aromatic heterocycles. The smallest absolute Gasteiger partial charge is 0.238 e. The normalized spacial score (nSPS) is 23.2. The molecular formula is C18H19FO4. The van der Waals surface area contributed by atoms with Crippen LogP contribution in [-0.2, 0) is 4.74 Å². The molecule has 0 saturated carbocycles. The second kappa shape index (κ2) is 7.24. The highest BCUT2D eigenvalue weighted by molar-refractivity contribution is 6.05. The summed E-state index contributed by atoms with van der Waals surface area (Å²) >= 11 is 0. The van der Waals surface area contributed by atoms with E-state index in [0.717, 1.165) is 0 Å². The van der Waals surface area contributed by atoms with Crippen molar-refractivity contribution < 1.29 is 23.4 Å². The van der Waals surface area contributed by atoms with Crippen LogP contribution in [0.3, 0.4) is 0 Å². The number of rotatable bonds is 6. The van der Waals surface area contributed by atoms with Crippen LogP contribution in [-0.4, -0.2) is 33.0 Å². The monoisotopic (exact) mass is 318 g/mol. The molecule has 1 aliphatic rings. The molecule has 2 rings (SSSR count). The van der Waals surface area contributed by atoms with Crippen LogP contribution in [0, 0.1) is 5.92 Å². The van der Waals surface area contributed by atoms with Crippen molar-refractivity contribution in [2.45, 2.75) is 5.85 Å². The topological polar surface area (TPSA) is 44.8 Å². The molecule has 0 radical (unpaired) electrons. The van der Waals surface area contributed by atoms with Gasteiger partial charge in [-0.15, -0.1) is 0 Å². The molecule has 23 heavy (non-hydrogen) atoms. The van der Waals surface area contributed by atoms with E-state index in [1.54, 1.807) is 36.4 Å². The molecule has 0 heterocycles. The number of halogens is 1. The number of carbonyl (C=O) groups is 1. The lowest BCUT2D eigenvalue weighted by atomic mass is 9.94. The number of alkyl halides is 1. The summed E-state index contributed by atoms with van der Waals surface area (Å²) in [4.78, 5) is 12.3. The summed E-state index contributed by atoms with van der Waals surface area (Å²) in [7, 11) is 4.31. The average molecular weight is 318 g/mol. The Balaban J connectivity index is 2.18. The minimum atomic E-state index is -1.94. The summed E-state index contributed by atoms with van der Waals surface area (Å²) in [5.74, 6) is -1.86. The lowest BCUT2D eigenvalue weighted by Crippen LogP contribution is -2.32. The maximum Gasteiger partial charge on any atom is 0.238 e. The minimum absolute atomic E-state index is 0.257. The van der Waals surface area contributed by atoms with Crippen LogP contribution in [0.2, 0.25) is 0 Å². The lowest BCUT2D eigenvalue weighted by molar-refractivity contribution is -0.0985. The Hall–Kier alpha value is -2.40. The Kier molecular flexibility index (Phi) is 5.34. The van der Waals surface area contributed by atoms with E-state index in [4.69, 9.17) is 14.2 Å². The van der Waals surface area contributed by atoms with Gasteiger partial charge in [-0.3, -0.25) is 4.79 Å². The molecule has 5 heteroatoms. The van der Waals surface area contributed by atoms with Crippen molar-refractivity contribution >= 4 is 5.78 Å². The van der Waals surface area contributed by atoms with Gasteiger partial charge in [-0.1, -0.05) is 24.3 Å². The SMILES string of the molecule is COc1ccc(C(=O)/C=C/C2C=CC=CC2(F)OC)cc1OC. The number of hydrogen-bond donors (Lipinski definition) is 0. The molecule has 2 unspecified atom stereocenters. The van der Waals surface area contributed by atoms with Gasteiger partial charge in [-0.25, -0.2) is 4.39 Å². The number of allylic oxidation sites excluding steroid dienone is 3. The van der Waals surface area contributed by atoms with Crippen molar-refractivity contribution in [1.29, 1.82) is 0 Å². The van der Waals surface area contributed by atoms with Crippen LogP contribution in [0.4, 0.5) is 4.39 Å². The van der Waals surface area contributed by atoms with E-state index in [-0.39, 0.29) is 5.78 Å². The highest BCUT2D eigenvalue weighted by Gasteiger charge is 2.34. The Morgan fingerprint density at radius 3 is 2.57 bits per heavy atom. The van der Waals surface area contributed by atoms with Crippen LogP contribution in [0.1, 0.15) is 10.4 Å². The third kappa shape index (κ3) is 3.68. The highest BCUT2D eigenvalue weighted by atomic mass is 19.2. The molecular weight excluding hydrogens is 299 g/mol. The molecule has 122 valence electrons. The molecule has 0 N–H and O–H groups in total. The molecule has 0 bridgehead atoms. The fourth-order valence-corrected chi connectivity index (χ4v) is 2.29. The van der Waals surface area contributed by atoms with Crippen molar-refractivity contribution in [2.75, 3.05) is 21.3 Å². The summed E-state index contributed by atoms with van der Waals surface area (Å²) in [5.41, 5.74) is 0.427. The molecule has 0 spiro atoms. The van der Waals surface area contributed by atoms with Crippen molar-refractivity contribution in [3.63, 3.8) is 0 Å². The zero-order valence-electron chi connectivity index (χ0n) is 13.3. The first kappa shape index (κ1) is 17.0. The summed E-state index contributed by atoms with van der Waals surface area (Å²) in [6.07, 6.45) is 9.08. The first-order valence-electron chi connectivity index (χ1n) is 7.08. The highest BCUT2D eigenvalue weighted by Crippen LogP contribution is 2.31. The van der Waals surface area contributed by atoms with Gasteiger partial charge < -0.3 is 14.2 Å². The van der Waals surface area contributed by atoms with E-state index in [0.29, 0.717) is 17.1 Å². The molecule has 0 amide bonds.